The monoisotopic (exact) mass is 392 g/mol. The van der Waals surface area contributed by atoms with Crippen LogP contribution in [0, 0.1) is 17.8 Å². The number of rotatable bonds is 10. The maximum atomic E-state index is 15.3. The maximum absolute atomic E-state index is 15.3. The highest BCUT2D eigenvalue weighted by atomic mass is 19.3. The lowest BCUT2D eigenvalue weighted by Crippen LogP contribution is -2.21. The van der Waals surface area contributed by atoms with Gasteiger partial charge in [-0.2, -0.15) is 8.78 Å². The molecule has 0 bridgehead atoms. The SMILES string of the molecule is CCC[C@@H](CC)CCC1CC1C(F)(F)c1nc2ccc(OC)cc2nc1OC. The Hall–Kier alpha value is -1.98. The van der Waals surface area contributed by atoms with E-state index in [0.717, 1.165) is 25.7 Å². The third kappa shape index (κ3) is 4.20. The topological polar surface area (TPSA) is 44.2 Å². The quantitative estimate of drug-likeness (QED) is 0.499. The molecule has 6 heteroatoms. The normalized spacial score (nSPS) is 20.2. The van der Waals surface area contributed by atoms with Gasteiger partial charge in [0.05, 0.1) is 25.3 Å². The van der Waals surface area contributed by atoms with E-state index in [1.165, 1.54) is 13.5 Å². The molecule has 3 atom stereocenters. The minimum Gasteiger partial charge on any atom is -0.497 e. The standard InChI is InChI=1S/C22H30F2N2O2/c1-5-7-14(6-2)8-9-15-12-17(15)22(23,24)20-21(28-4)26-19-13-16(27-3)10-11-18(19)25-20/h10-11,13-15,17H,5-9,12H2,1-4H3/t14-,15?,17?/m1/s1. The Morgan fingerprint density at radius 2 is 1.89 bits per heavy atom. The fraction of sp³-hybridized carbons (Fsp3) is 0.636. The Labute approximate surface area is 165 Å². The van der Waals surface area contributed by atoms with E-state index in [1.54, 1.807) is 25.3 Å². The van der Waals surface area contributed by atoms with Crippen LogP contribution in [0.25, 0.3) is 11.0 Å². The second kappa shape index (κ2) is 8.58. The molecule has 1 saturated carbocycles. The van der Waals surface area contributed by atoms with Crippen molar-refractivity contribution < 1.29 is 18.3 Å². The second-order valence-electron chi connectivity index (χ2n) is 7.80. The van der Waals surface area contributed by atoms with Crippen LogP contribution in [0.4, 0.5) is 8.78 Å². The second-order valence-corrected chi connectivity index (χ2v) is 7.80. The van der Waals surface area contributed by atoms with Gasteiger partial charge in [-0.15, -0.1) is 0 Å². The van der Waals surface area contributed by atoms with Crippen molar-refractivity contribution in [1.82, 2.24) is 9.97 Å². The van der Waals surface area contributed by atoms with Gasteiger partial charge in [-0.25, -0.2) is 9.97 Å². The fourth-order valence-corrected chi connectivity index (χ4v) is 4.10. The number of hydrogen-bond donors (Lipinski definition) is 0. The molecule has 1 aromatic heterocycles. The molecule has 2 aromatic rings. The first kappa shape index (κ1) is 20.7. The van der Waals surface area contributed by atoms with Crippen molar-refractivity contribution in [2.75, 3.05) is 14.2 Å². The van der Waals surface area contributed by atoms with Gasteiger partial charge < -0.3 is 9.47 Å². The fourth-order valence-electron chi connectivity index (χ4n) is 4.10. The molecule has 1 aliphatic carbocycles. The van der Waals surface area contributed by atoms with Gasteiger partial charge in [-0.1, -0.05) is 39.5 Å². The van der Waals surface area contributed by atoms with E-state index in [0.29, 0.717) is 29.1 Å². The zero-order valence-corrected chi connectivity index (χ0v) is 17.2. The Kier molecular flexibility index (Phi) is 6.36. The molecule has 0 aliphatic heterocycles. The minimum absolute atomic E-state index is 0.0546. The van der Waals surface area contributed by atoms with Crippen molar-refractivity contribution >= 4 is 11.0 Å². The summed E-state index contributed by atoms with van der Waals surface area (Å²) in [6.07, 6.45) is 5.88. The van der Waals surface area contributed by atoms with Crippen LogP contribution in [-0.4, -0.2) is 24.2 Å². The number of ether oxygens (including phenoxy) is 2. The predicted molar refractivity (Wildman–Crippen MR) is 106 cm³/mol. The van der Waals surface area contributed by atoms with E-state index in [9.17, 15) is 0 Å². The van der Waals surface area contributed by atoms with E-state index in [1.807, 2.05) is 0 Å². The molecule has 3 rings (SSSR count). The Balaban J connectivity index is 1.79. The number of fused-ring (bicyclic) bond motifs is 1. The molecule has 1 heterocycles. The number of methoxy groups -OCH3 is 2. The molecule has 2 unspecified atom stereocenters. The van der Waals surface area contributed by atoms with Crippen molar-refractivity contribution in [3.8, 4) is 11.6 Å². The average molecular weight is 392 g/mol. The largest absolute Gasteiger partial charge is 0.497 e. The van der Waals surface area contributed by atoms with Gasteiger partial charge in [0, 0.05) is 12.0 Å². The minimum atomic E-state index is -3.04. The van der Waals surface area contributed by atoms with Gasteiger partial charge in [0.25, 0.3) is 5.92 Å². The average Bonchev–Trinajstić information content (AvgIpc) is 3.50. The van der Waals surface area contributed by atoms with E-state index < -0.39 is 11.8 Å². The molecule has 1 fully saturated rings. The molecule has 0 N–H and O–H groups in total. The lowest BCUT2D eigenvalue weighted by atomic mass is 9.93. The van der Waals surface area contributed by atoms with Gasteiger partial charge in [-0.3, -0.25) is 0 Å². The molecular formula is C22H30F2N2O2. The number of halogens is 2. The number of alkyl halides is 2. The van der Waals surface area contributed by atoms with Gasteiger partial charge >= 0.3 is 0 Å². The molecule has 0 saturated heterocycles. The number of aromatic nitrogens is 2. The van der Waals surface area contributed by atoms with Crippen LogP contribution in [0.1, 0.15) is 58.1 Å². The maximum Gasteiger partial charge on any atom is 0.298 e. The number of hydrogen-bond acceptors (Lipinski definition) is 4. The lowest BCUT2D eigenvalue weighted by Gasteiger charge is -2.19. The van der Waals surface area contributed by atoms with E-state index in [4.69, 9.17) is 9.47 Å². The molecular weight excluding hydrogens is 362 g/mol. The van der Waals surface area contributed by atoms with Gasteiger partial charge in [0.2, 0.25) is 5.88 Å². The Morgan fingerprint density at radius 1 is 1.11 bits per heavy atom. The van der Waals surface area contributed by atoms with Crippen molar-refractivity contribution in [3.63, 3.8) is 0 Å². The summed E-state index contributed by atoms with van der Waals surface area (Å²) in [7, 11) is 2.90. The third-order valence-electron chi connectivity index (χ3n) is 5.96. The van der Waals surface area contributed by atoms with Crippen LogP contribution in [0.3, 0.4) is 0 Å². The molecule has 4 nitrogen and oxygen atoms in total. The third-order valence-corrected chi connectivity index (χ3v) is 5.96. The molecule has 0 spiro atoms. The molecule has 28 heavy (non-hydrogen) atoms. The summed E-state index contributed by atoms with van der Waals surface area (Å²) in [5.74, 6) is -2.52. The van der Waals surface area contributed by atoms with Crippen LogP contribution in [-0.2, 0) is 5.92 Å². The van der Waals surface area contributed by atoms with Crippen molar-refractivity contribution in [1.29, 1.82) is 0 Å². The smallest absolute Gasteiger partial charge is 0.298 e. The van der Waals surface area contributed by atoms with Gasteiger partial charge in [-0.05, 0) is 36.8 Å². The molecule has 1 aromatic carbocycles. The zero-order chi connectivity index (χ0) is 20.3. The molecule has 154 valence electrons. The van der Waals surface area contributed by atoms with Gasteiger partial charge in [0.1, 0.15) is 5.75 Å². The molecule has 1 aliphatic rings. The van der Waals surface area contributed by atoms with Crippen molar-refractivity contribution in [2.45, 2.75) is 58.3 Å². The summed E-state index contributed by atoms with van der Waals surface area (Å²) >= 11 is 0. The Bertz CT molecular complexity index is 812. The van der Waals surface area contributed by atoms with Crippen molar-refractivity contribution in [2.24, 2.45) is 17.8 Å². The summed E-state index contributed by atoms with van der Waals surface area (Å²) in [6, 6.07) is 5.02. The van der Waals surface area contributed by atoms with Crippen LogP contribution in [0.15, 0.2) is 18.2 Å². The van der Waals surface area contributed by atoms with E-state index >= 15 is 8.78 Å². The number of benzene rings is 1. The first-order chi connectivity index (χ1) is 13.4. The highest BCUT2D eigenvalue weighted by Crippen LogP contribution is 2.57. The summed E-state index contributed by atoms with van der Waals surface area (Å²) in [5, 5.41) is 0. The van der Waals surface area contributed by atoms with Crippen LogP contribution in [0.2, 0.25) is 0 Å². The predicted octanol–water partition coefficient (Wildman–Crippen LogP) is 5.98. The summed E-state index contributed by atoms with van der Waals surface area (Å²) in [4.78, 5) is 8.51. The molecule has 0 amide bonds. The van der Waals surface area contributed by atoms with Crippen LogP contribution < -0.4 is 9.47 Å². The van der Waals surface area contributed by atoms with Crippen molar-refractivity contribution in [3.05, 3.63) is 23.9 Å². The van der Waals surface area contributed by atoms with Crippen LogP contribution >= 0.6 is 0 Å². The zero-order valence-electron chi connectivity index (χ0n) is 17.2. The Morgan fingerprint density at radius 3 is 2.54 bits per heavy atom. The molecule has 0 radical (unpaired) electrons. The summed E-state index contributed by atoms with van der Waals surface area (Å²) < 4.78 is 40.9. The highest BCUT2D eigenvalue weighted by Gasteiger charge is 2.57. The summed E-state index contributed by atoms with van der Waals surface area (Å²) in [6.45, 7) is 4.36. The lowest BCUT2D eigenvalue weighted by molar-refractivity contribution is -0.0408. The first-order valence-corrected chi connectivity index (χ1v) is 10.2. The van der Waals surface area contributed by atoms with Crippen LogP contribution in [0.5, 0.6) is 11.6 Å². The highest BCUT2D eigenvalue weighted by molar-refractivity contribution is 5.77. The summed E-state index contributed by atoms with van der Waals surface area (Å²) in [5.41, 5.74) is 0.552. The van der Waals surface area contributed by atoms with Gasteiger partial charge in [0.15, 0.2) is 5.69 Å². The number of nitrogens with zero attached hydrogens (tertiary/aromatic N) is 2. The first-order valence-electron chi connectivity index (χ1n) is 10.2. The van der Waals surface area contributed by atoms with E-state index in [-0.39, 0.29) is 17.5 Å². The van der Waals surface area contributed by atoms with E-state index in [2.05, 4.69) is 23.8 Å².